The van der Waals surface area contributed by atoms with Crippen molar-refractivity contribution in [3.8, 4) is 0 Å². The van der Waals surface area contributed by atoms with Crippen LogP contribution in [-0.2, 0) is 6.54 Å². The molecule has 0 aromatic carbocycles. The zero-order valence-electron chi connectivity index (χ0n) is 11.8. The lowest BCUT2D eigenvalue weighted by Gasteiger charge is -2.09. The van der Waals surface area contributed by atoms with Gasteiger partial charge in [0.25, 0.3) is 0 Å². The van der Waals surface area contributed by atoms with Gasteiger partial charge in [-0.25, -0.2) is 15.0 Å². The van der Waals surface area contributed by atoms with Crippen LogP contribution in [0.2, 0.25) is 0 Å². The summed E-state index contributed by atoms with van der Waals surface area (Å²) in [5, 5.41) is 6.55. The van der Waals surface area contributed by atoms with Crippen molar-refractivity contribution in [3.05, 3.63) is 35.0 Å². The number of fused-ring (bicyclic) bond motifs is 1. The van der Waals surface area contributed by atoms with Crippen molar-refractivity contribution in [2.24, 2.45) is 0 Å². The van der Waals surface area contributed by atoms with Gasteiger partial charge in [-0.1, -0.05) is 0 Å². The van der Waals surface area contributed by atoms with Crippen LogP contribution in [-0.4, -0.2) is 26.1 Å². The van der Waals surface area contributed by atoms with E-state index in [1.165, 1.54) is 5.69 Å². The molecule has 3 aromatic heterocycles. The van der Waals surface area contributed by atoms with Gasteiger partial charge in [-0.05, 0) is 32.2 Å². The average Bonchev–Trinajstić information content (AvgIpc) is 3.00. The van der Waals surface area contributed by atoms with Crippen LogP contribution in [0, 0.1) is 20.8 Å². The Hall–Kier alpha value is -1.95. The number of imidazole rings is 1. The van der Waals surface area contributed by atoms with Crippen LogP contribution in [0.4, 0.5) is 5.82 Å². The Morgan fingerprint density at radius 3 is 2.85 bits per heavy atom. The predicted octanol–water partition coefficient (Wildman–Crippen LogP) is 2.93. The highest BCUT2D eigenvalue weighted by molar-refractivity contribution is 7.16. The van der Waals surface area contributed by atoms with E-state index in [2.05, 4.69) is 37.8 Å². The molecule has 0 aliphatic rings. The Labute approximate surface area is 121 Å². The Morgan fingerprint density at radius 1 is 1.25 bits per heavy atom. The first-order valence-electron chi connectivity index (χ1n) is 6.59. The van der Waals surface area contributed by atoms with Gasteiger partial charge in [-0.2, -0.15) is 0 Å². The van der Waals surface area contributed by atoms with Gasteiger partial charge in [-0.15, -0.1) is 11.3 Å². The molecule has 0 saturated heterocycles. The molecule has 3 rings (SSSR count). The summed E-state index contributed by atoms with van der Waals surface area (Å²) >= 11 is 1.64. The number of hydrogen-bond donors (Lipinski definition) is 1. The summed E-state index contributed by atoms with van der Waals surface area (Å²) in [5.41, 5.74) is 2.30. The van der Waals surface area contributed by atoms with E-state index in [-0.39, 0.29) is 0 Å². The molecule has 5 nitrogen and oxygen atoms in total. The van der Waals surface area contributed by atoms with Crippen molar-refractivity contribution in [1.82, 2.24) is 19.5 Å². The third-order valence-electron chi connectivity index (χ3n) is 3.43. The molecule has 0 bridgehead atoms. The van der Waals surface area contributed by atoms with Crippen LogP contribution in [0.1, 0.15) is 17.2 Å². The number of nitrogens with one attached hydrogen (secondary N) is 1. The molecular weight excluding hydrogens is 270 g/mol. The van der Waals surface area contributed by atoms with Crippen molar-refractivity contribution in [3.63, 3.8) is 0 Å². The second-order valence-corrected chi connectivity index (χ2v) is 5.69. The number of nitrogens with zero attached hydrogens (tertiary/aromatic N) is 4. The van der Waals surface area contributed by atoms with Crippen molar-refractivity contribution >= 4 is 27.4 Å². The molecule has 3 heterocycles. The van der Waals surface area contributed by atoms with Crippen LogP contribution >= 0.6 is 11.3 Å². The zero-order chi connectivity index (χ0) is 14.1. The molecule has 3 aromatic rings. The van der Waals surface area contributed by atoms with Gasteiger partial charge in [0, 0.05) is 18.8 Å². The van der Waals surface area contributed by atoms with Crippen molar-refractivity contribution < 1.29 is 0 Å². The molecule has 0 atom stereocenters. The fourth-order valence-corrected chi connectivity index (χ4v) is 2.97. The lowest BCUT2D eigenvalue weighted by Crippen LogP contribution is -2.12. The van der Waals surface area contributed by atoms with Crippen LogP contribution < -0.4 is 5.32 Å². The van der Waals surface area contributed by atoms with Gasteiger partial charge in [0.05, 0.1) is 17.4 Å². The fourth-order valence-electron chi connectivity index (χ4n) is 2.16. The summed E-state index contributed by atoms with van der Waals surface area (Å²) in [6.45, 7) is 7.74. The number of thiophene rings is 1. The Kier molecular flexibility index (Phi) is 3.40. The second kappa shape index (κ2) is 5.20. The monoisotopic (exact) mass is 287 g/mol. The lowest BCUT2D eigenvalue weighted by atomic mass is 10.3. The fraction of sp³-hybridized carbons (Fsp3) is 0.357. The summed E-state index contributed by atoms with van der Waals surface area (Å²) in [6.07, 6.45) is 1.89. The predicted molar refractivity (Wildman–Crippen MR) is 82.3 cm³/mol. The third kappa shape index (κ3) is 2.38. The maximum atomic E-state index is 4.49. The molecule has 0 unspecified atom stereocenters. The largest absolute Gasteiger partial charge is 0.368 e. The smallest absolute Gasteiger partial charge is 0.138 e. The minimum Gasteiger partial charge on any atom is -0.368 e. The van der Waals surface area contributed by atoms with Gasteiger partial charge in [0.2, 0.25) is 0 Å². The number of anilines is 1. The van der Waals surface area contributed by atoms with Gasteiger partial charge >= 0.3 is 0 Å². The molecule has 104 valence electrons. The number of rotatable bonds is 4. The first-order chi connectivity index (χ1) is 9.65. The highest BCUT2D eigenvalue weighted by Crippen LogP contribution is 2.24. The Bertz CT molecular complexity index is 743. The van der Waals surface area contributed by atoms with E-state index in [9.17, 15) is 0 Å². The van der Waals surface area contributed by atoms with E-state index in [1.54, 1.807) is 11.3 Å². The molecule has 0 spiro atoms. The molecule has 0 radical (unpaired) electrons. The third-order valence-corrected chi connectivity index (χ3v) is 4.23. The Morgan fingerprint density at radius 2 is 2.10 bits per heavy atom. The highest BCUT2D eigenvalue weighted by Gasteiger charge is 2.07. The minimum atomic E-state index is 0.803. The quantitative estimate of drug-likeness (QED) is 0.801. The Balaban J connectivity index is 1.74. The summed E-state index contributed by atoms with van der Waals surface area (Å²) in [6, 6.07) is 2.06. The zero-order valence-corrected chi connectivity index (χ0v) is 12.7. The van der Waals surface area contributed by atoms with Crippen molar-refractivity contribution in [2.45, 2.75) is 27.3 Å². The van der Waals surface area contributed by atoms with Gasteiger partial charge < -0.3 is 9.88 Å². The second-order valence-electron chi connectivity index (χ2n) is 4.79. The molecular formula is C14H17N5S. The average molecular weight is 287 g/mol. The maximum absolute atomic E-state index is 4.49. The first-order valence-corrected chi connectivity index (χ1v) is 7.47. The van der Waals surface area contributed by atoms with E-state index in [0.29, 0.717) is 0 Å². The van der Waals surface area contributed by atoms with E-state index >= 15 is 0 Å². The summed E-state index contributed by atoms with van der Waals surface area (Å²) in [4.78, 5) is 14.3. The molecule has 6 heteroatoms. The molecule has 0 aliphatic carbocycles. The molecule has 1 N–H and O–H groups in total. The van der Waals surface area contributed by atoms with E-state index in [0.717, 1.165) is 40.6 Å². The van der Waals surface area contributed by atoms with Gasteiger partial charge in [0.1, 0.15) is 16.5 Å². The van der Waals surface area contributed by atoms with Crippen molar-refractivity contribution in [1.29, 1.82) is 0 Å². The molecule has 0 amide bonds. The van der Waals surface area contributed by atoms with E-state index in [4.69, 9.17) is 0 Å². The number of aromatic nitrogens is 4. The van der Waals surface area contributed by atoms with Crippen LogP contribution in [0.3, 0.4) is 0 Å². The van der Waals surface area contributed by atoms with Gasteiger partial charge in [0.15, 0.2) is 0 Å². The number of aryl methyl sites for hydroxylation is 2. The molecule has 0 fully saturated rings. The normalized spacial score (nSPS) is 11.2. The van der Waals surface area contributed by atoms with Crippen LogP contribution in [0.15, 0.2) is 17.8 Å². The van der Waals surface area contributed by atoms with Crippen LogP contribution in [0.25, 0.3) is 10.2 Å². The highest BCUT2D eigenvalue weighted by atomic mass is 32.1. The minimum absolute atomic E-state index is 0.803. The first kappa shape index (κ1) is 13.1. The molecule has 20 heavy (non-hydrogen) atoms. The van der Waals surface area contributed by atoms with E-state index in [1.807, 2.05) is 25.6 Å². The van der Waals surface area contributed by atoms with E-state index < -0.39 is 0 Å². The molecule has 0 saturated carbocycles. The summed E-state index contributed by atoms with van der Waals surface area (Å²) < 4.78 is 2.15. The maximum Gasteiger partial charge on any atom is 0.138 e. The lowest BCUT2D eigenvalue weighted by molar-refractivity contribution is 0.704. The topological polar surface area (TPSA) is 55.6 Å². The van der Waals surface area contributed by atoms with Crippen molar-refractivity contribution in [2.75, 3.05) is 11.9 Å². The summed E-state index contributed by atoms with van der Waals surface area (Å²) in [7, 11) is 0. The summed E-state index contributed by atoms with van der Waals surface area (Å²) in [5.74, 6) is 1.72. The number of hydrogen-bond acceptors (Lipinski definition) is 5. The molecule has 0 aliphatic heterocycles. The van der Waals surface area contributed by atoms with Crippen LogP contribution in [0.5, 0.6) is 0 Å². The SMILES string of the molecule is Cc1nc(NCCn2cnc(C)c2C)c2ccsc2n1. The van der Waals surface area contributed by atoms with Gasteiger partial charge in [-0.3, -0.25) is 0 Å². The standard InChI is InChI=1S/C14H17N5S/c1-9-10(2)19(8-16-9)6-5-15-13-12-4-7-20-14(12)18-11(3)17-13/h4,7-8H,5-6H2,1-3H3,(H,15,17,18).